The molecule has 0 N–H and O–H groups in total. The van der Waals surface area contributed by atoms with E-state index in [-0.39, 0.29) is 11.9 Å². The van der Waals surface area contributed by atoms with Gasteiger partial charge in [-0.1, -0.05) is 35.3 Å². The van der Waals surface area contributed by atoms with Crippen LogP contribution in [0.2, 0.25) is 10.0 Å². The van der Waals surface area contributed by atoms with Gasteiger partial charge in [-0.05, 0) is 100 Å². The Labute approximate surface area is 318 Å². The second-order valence-electron chi connectivity index (χ2n) is 14.3. The summed E-state index contributed by atoms with van der Waals surface area (Å²) in [5.74, 6) is 0.750. The van der Waals surface area contributed by atoms with Crippen LogP contribution in [-0.4, -0.2) is 47.9 Å². The van der Waals surface area contributed by atoms with Gasteiger partial charge in [0.25, 0.3) is 5.91 Å². The number of benzene rings is 3. The summed E-state index contributed by atoms with van der Waals surface area (Å²) >= 11 is 13.6. The Morgan fingerprint density at radius 1 is 0.906 bits per heavy atom. The molecule has 1 amide bonds. The summed E-state index contributed by atoms with van der Waals surface area (Å²) in [6.07, 6.45) is 8.55. The molecule has 5 heterocycles. The van der Waals surface area contributed by atoms with Crippen LogP contribution in [0.3, 0.4) is 0 Å². The van der Waals surface area contributed by atoms with Crippen LogP contribution >= 0.6 is 23.2 Å². The molecule has 0 saturated carbocycles. The van der Waals surface area contributed by atoms with Crippen molar-refractivity contribution in [3.8, 4) is 28.0 Å². The summed E-state index contributed by atoms with van der Waals surface area (Å²) in [5, 5.41) is 8.15. The van der Waals surface area contributed by atoms with Crippen LogP contribution in [0.4, 0.5) is 5.69 Å². The molecule has 0 aliphatic carbocycles. The van der Waals surface area contributed by atoms with E-state index in [9.17, 15) is 0 Å². The number of rotatable bonds is 8. The van der Waals surface area contributed by atoms with Gasteiger partial charge in [0.15, 0.2) is 0 Å². The maximum absolute atomic E-state index is 15.2. The standard InChI is InChI=1S/C42H41Cl2N7O2/c1-23-15-30(16-24(2)39(23)44)53-14-8-9-31-32-11-12-34(43)38(37-26(4)47-49(7)27(37)5)40(32)51-25(3)20-50(42(52)41(31)51)36-21-48(6)35-13-10-28(17-33(35)36)29-18-45-22-46-19-29/h10-13,15-19,21-22,25H,8-9,14,20H2,1-7H3. The van der Waals surface area contributed by atoms with Crippen LogP contribution in [0.1, 0.15) is 58.0 Å². The lowest BCUT2D eigenvalue weighted by molar-refractivity contribution is 0.0957. The lowest BCUT2D eigenvalue weighted by Crippen LogP contribution is -2.42. The predicted molar refractivity (Wildman–Crippen MR) is 214 cm³/mol. The molecule has 1 atom stereocenters. The normalized spacial score (nSPS) is 14.5. The van der Waals surface area contributed by atoms with Crippen molar-refractivity contribution in [2.75, 3.05) is 18.1 Å². The number of hydrogen-bond donors (Lipinski definition) is 0. The lowest BCUT2D eigenvalue weighted by Gasteiger charge is -2.34. The Morgan fingerprint density at radius 2 is 1.64 bits per heavy atom. The summed E-state index contributed by atoms with van der Waals surface area (Å²) in [4.78, 5) is 25.6. The van der Waals surface area contributed by atoms with E-state index in [2.05, 4.69) is 63.4 Å². The van der Waals surface area contributed by atoms with Crippen LogP contribution in [-0.2, 0) is 20.5 Å². The maximum Gasteiger partial charge on any atom is 0.275 e. The van der Waals surface area contributed by atoms with Crippen molar-refractivity contribution in [3.63, 3.8) is 0 Å². The van der Waals surface area contributed by atoms with Crippen LogP contribution in [0.5, 0.6) is 5.75 Å². The van der Waals surface area contributed by atoms with E-state index in [1.807, 2.05) is 75.0 Å². The van der Waals surface area contributed by atoms with Crippen molar-refractivity contribution in [2.24, 2.45) is 14.1 Å². The lowest BCUT2D eigenvalue weighted by atomic mass is 9.98. The minimum absolute atomic E-state index is 0.0400. The Balaban J connectivity index is 1.26. The molecular formula is C42H41Cl2N7O2. The smallest absolute Gasteiger partial charge is 0.275 e. The summed E-state index contributed by atoms with van der Waals surface area (Å²) in [7, 11) is 3.97. The Morgan fingerprint density at radius 3 is 2.34 bits per heavy atom. The van der Waals surface area contributed by atoms with E-state index in [1.165, 1.54) is 6.33 Å². The number of carbonyl (C=O) groups excluding carboxylic acids is 1. The first-order chi connectivity index (χ1) is 25.4. The molecule has 1 aliphatic heterocycles. The fourth-order valence-corrected chi connectivity index (χ4v) is 8.51. The zero-order chi connectivity index (χ0) is 37.3. The number of ether oxygens (including phenoxy) is 1. The summed E-state index contributed by atoms with van der Waals surface area (Å²) in [6.45, 7) is 11.2. The molecule has 0 fully saturated rings. The van der Waals surface area contributed by atoms with Crippen molar-refractivity contribution in [2.45, 2.75) is 53.5 Å². The van der Waals surface area contributed by atoms with E-state index in [0.717, 1.165) is 88.6 Å². The molecule has 4 aromatic heterocycles. The van der Waals surface area contributed by atoms with Gasteiger partial charge in [-0.25, -0.2) is 9.97 Å². The van der Waals surface area contributed by atoms with Crippen LogP contribution < -0.4 is 9.64 Å². The average molecular weight is 747 g/mol. The number of halogens is 2. The third-order valence-electron chi connectivity index (χ3n) is 10.7. The highest BCUT2D eigenvalue weighted by atomic mass is 35.5. The monoisotopic (exact) mass is 745 g/mol. The highest BCUT2D eigenvalue weighted by molar-refractivity contribution is 6.35. The topological polar surface area (TPSA) is 83.0 Å². The van der Waals surface area contributed by atoms with Crippen molar-refractivity contribution in [1.82, 2.24) is 28.9 Å². The minimum atomic E-state index is -0.0642. The third-order valence-corrected chi connectivity index (χ3v) is 11.6. The molecule has 3 aromatic carbocycles. The Kier molecular flexibility index (Phi) is 8.82. The van der Waals surface area contributed by atoms with E-state index >= 15 is 4.79 Å². The van der Waals surface area contributed by atoms with Crippen molar-refractivity contribution in [1.29, 1.82) is 0 Å². The van der Waals surface area contributed by atoms with Gasteiger partial charge in [0.1, 0.15) is 17.8 Å². The highest BCUT2D eigenvalue weighted by Gasteiger charge is 2.37. The second kappa shape index (κ2) is 13.4. The summed E-state index contributed by atoms with van der Waals surface area (Å²) < 4.78 is 12.5. The predicted octanol–water partition coefficient (Wildman–Crippen LogP) is 9.76. The van der Waals surface area contributed by atoms with Gasteiger partial charge in [-0.3, -0.25) is 9.48 Å². The first-order valence-corrected chi connectivity index (χ1v) is 18.6. The number of aryl methyl sites for hydroxylation is 6. The van der Waals surface area contributed by atoms with Crippen molar-refractivity contribution in [3.05, 3.63) is 111 Å². The van der Waals surface area contributed by atoms with Gasteiger partial charge < -0.3 is 18.8 Å². The zero-order valence-corrected chi connectivity index (χ0v) is 32.5. The molecule has 9 nitrogen and oxygen atoms in total. The molecule has 1 unspecified atom stereocenters. The van der Waals surface area contributed by atoms with Crippen LogP contribution in [0, 0.1) is 27.7 Å². The molecule has 7 aromatic rings. The molecule has 270 valence electrons. The molecule has 0 bridgehead atoms. The second-order valence-corrected chi connectivity index (χ2v) is 15.0. The quantitative estimate of drug-likeness (QED) is 0.145. The molecule has 0 saturated heterocycles. The molecule has 53 heavy (non-hydrogen) atoms. The van der Waals surface area contributed by atoms with E-state index < -0.39 is 0 Å². The van der Waals surface area contributed by atoms with E-state index in [4.69, 9.17) is 33.0 Å². The van der Waals surface area contributed by atoms with Gasteiger partial charge in [-0.15, -0.1) is 0 Å². The zero-order valence-electron chi connectivity index (χ0n) is 31.0. The minimum Gasteiger partial charge on any atom is -0.494 e. The van der Waals surface area contributed by atoms with Gasteiger partial charge in [-0.2, -0.15) is 5.10 Å². The number of aromatic nitrogens is 6. The first kappa shape index (κ1) is 34.9. The first-order valence-electron chi connectivity index (χ1n) is 17.9. The number of nitrogens with zero attached hydrogens (tertiary/aromatic N) is 7. The van der Waals surface area contributed by atoms with E-state index in [0.29, 0.717) is 36.7 Å². The Hall–Kier alpha value is -5.12. The number of carbonyl (C=O) groups is 1. The molecular weight excluding hydrogens is 705 g/mol. The van der Waals surface area contributed by atoms with Crippen LogP contribution in [0.25, 0.3) is 44.1 Å². The van der Waals surface area contributed by atoms with Crippen molar-refractivity contribution >= 4 is 56.6 Å². The Bertz CT molecular complexity index is 2560. The van der Waals surface area contributed by atoms with Gasteiger partial charge >= 0.3 is 0 Å². The molecule has 11 heteroatoms. The van der Waals surface area contributed by atoms with Gasteiger partial charge in [0, 0.05) is 89.0 Å². The average Bonchev–Trinajstić information content (AvgIpc) is 3.74. The third kappa shape index (κ3) is 5.77. The number of anilines is 1. The van der Waals surface area contributed by atoms with Crippen molar-refractivity contribution < 1.29 is 9.53 Å². The number of amides is 1. The molecule has 8 rings (SSSR count). The summed E-state index contributed by atoms with van der Waals surface area (Å²) in [5.41, 5.74) is 12.3. The largest absolute Gasteiger partial charge is 0.494 e. The molecule has 1 aliphatic rings. The summed E-state index contributed by atoms with van der Waals surface area (Å²) in [6, 6.07) is 14.2. The van der Waals surface area contributed by atoms with Gasteiger partial charge in [0.2, 0.25) is 0 Å². The highest BCUT2D eigenvalue weighted by Crippen LogP contribution is 2.46. The SMILES string of the molecule is Cc1cc(OCCCc2c3n(c4c(-c5c(C)nn(C)c5C)c(Cl)ccc24)C(C)CN(c2cn(C)c4ccc(-c5cncnc5)cc24)C3=O)cc(C)c1Cl. The maximum atomic E-state index is 15.2. The molecule has 0 radical (unpaired) electrons. The van der Waals surface area contributed by atoms with Crippen LogP contribution in [0.15, 0.2) is 67.4 Å². The number of hydrogen-bond acceptors (Lipinski definition) is 5. The fourth-order valence-electron chi connectivity index (χ4n) is 8.15. The fraction of sp³-hybridized carbons (Fsp3) is 0.286. The molecule has 0 spiro atoms. The van der Waals surface area contributed by atoms with Gasteiger partial charge in [0.05, 0.1) is 28.5 Å². The van der Waals surface area contributed by atoms with E-state index in [1.54, 1.807) is 0 Å². The number of fused-ring (bicyclic) bond motifs is 4.